The lowest BCUT2D eigenvalue weighted by Gasteiger charge is -2.20. The van der Waals surface area contributed by atoms with Crippen LogP contribution in [0, 0.1) is 0 Å². The molecule has 50 heavy (non-hydrogen) atoms. The molecule has 0 fully saturated rings. The normalized spacial score (nSPS) is 11.7. The Hall–Kier alpha value is -4.56. The van der Waals surface area contributed by atoms with Gasteiger partial charge in [0, 0.05) is 33.5 Å². The van der Waals surface area contributed by atoms with E-state index in [1.165, 1.54) is 131 Å². The molecule has 0 saturated heterocycles. The van der Waals surface area contributed by atoms with Gasteiger partial charge in [-0.05, 0) is 106 Å². The number of unbranched alkanes of at least 4 members (excludes halogenated alkanes) is 10. The number of fused-ring (bicyclic) bond motifs is 2. The molecule has 0 radical (unpaired) electrons. The van der Waals surface area contributed by atoms with Crippen LogP contribution in [0.5, 0.6) is 0 Å². The molecule has 0 atom stereocenters. The van der Waals surface area contributed by atoms with E-state index in [1.807, 2.05) is 0 Å². The molecule has 0 unspecified atom stereocenters. The average Bonchev–Trinajstić information content (AvgIpc) is 3.15. The van der Waals surface area contributed by atoms with Crippen molar-refractivity contribution in [3.63, 3.8) is 0 Å². The average molecular weight is 659 g/mol. The third-order valence-electron chi connectivity index (χ3n) is 10.7. The van der Waals surface area contributed by atoms with E-state index in [4.69, 9.17) is 0 Å². The van der Waals surface area contributed by atoms with Gasteiger partial charge >= 0.3 is 0 Å². The van der Waals surface area contributed by atoms with E-state index in [1.54, 1.807) is 0 Å². The first-order chi connectivity index (χ1) is 24.7. The van der Waals surface area contributed by atoms with Crippen molar-refractivity contribution in [3.8, 4) is 0 Å². The van der Waals surface area contributed by atoms with Gasteiger partial charge in [0.25, 0.3) is 0 Å². The molecule has 2 N–H and O–H groups in total. The molecule has 0 spiro atoms. The van der Waals surface area contributed by atoms with Crippen molar-refractivity contribution in [1.29, 1.82) is 0 Å². The maximum Gasteiger partial charge on any atom is 0.0470 e. The molecule has 256 valence electrons. The Labute approximate surface area is 299 Å². The van der Waals surface area contributed by atoms with Gasteiger partial charge in [-0.3, -0.25) is 0 Å². The van der Waals surface area contributed by atoms with Crippen LogP contribution in [-0.4, -0.2) is 0 Å². The molecular formula is C48H54N2. The fourth-order valence-corrected chi connectivity index (χ4v) is 7.98. The molecule has 0 aromatic heterocycles. The van der Waals surface area contributed by atoms with Crippen LogP contribution < -0.4 is 10.6 Å². The van der Waals surface area contributed by atoms with Crippen LogP contribution in [0.4, 0.5) is 22.7 Å². The standard InChI is InChI=1S/C48H54N2/c1-3-5-7-9-11-13-17-35-23-29-39(30-24-35)49-43-33-27-37-19-16-22-42-45(37)47(43)41-21-15-20-38-28-34-44(48(42)46(38)41)50-40-31-25-36(26-32-40)18-14-12-10-8-6-4-2/h15-16,19-34,49-50H,3-14,17-18H2,1-2H3. The summed E-state index contributed by atoms with van der Waals surface area (Å²) in [6, 6.07) is 40.9. The highest BCUT2D eigenvalue weighted by Crippen LogP contribution is 2.46. The minimum atomic E-state index is 1.14. The molecule has 7 aromatic rings. The fraction of sp³-hybridized carbons (Fsp3) is 0.333. The number of hydrogen-bond acceptors (Lipinski definition) is 2. The van der Waals surface area contributed by atoms with Crippen LogP contribution >= 0.6 is 0 Å². The van der Waals surface area contributed by atoms with E-state index in [0.29, 0.717) is 0 Å². The number of anilines is 4. The summed E-state index contributed by atoms with van der Waals surface area (Å²) in [5.74, 6) is 0. The van der Waals surface area contributed by atoms with Crippen molar-refractivity contribution in [3.05, 3.63) is 120 Å². The van der Waals surface area contributed by atoms with Gasteiger partial charge in [0.05, 0.1) is 0 Å². The van der Waals surface area contributed by atoms with Gasteiger partial charge in [-0.15, -0.1) is 0 Å². The number of benzene rings is 7. The molecule has 7 aromatic carbocycles. The van der Waals surface area contributed by atoms with E-state index in [-0.39, 0.29) is 0 Å². The molecule has 0 amide bonds. The summed E-state index contributed by atoms with van der Waals surface area (Å²) < 4.78 is 0. The summed E-state index contributed by atoms with van der Waals surface area (Å²) in [7, 11) is 0. The summed E-state index contributed by atoms with van der Waals surface area (Å²) >= 11 is 0. The predicted molar refractivity (Wildman–Crippen MR) is 221 cm³/mol. The van der Waals surface area contributed by atoms with Gasteiger partial charge in [-0.25, -0.2) is 0 Å². The number of nitrogens with one attached hydrogen (secondary N) is 2. The molecule has 0 saturated carbocycles. The van der Waals surface area contributed by atoms with Gasteiger partial charge in [0.1, 0.15) is 0 Å². The lowest BCUT2D eigenvalue weighted by molar-refractivity contribution is 0.607. The Balaban J connectivity index is 1.17. The SMILES string of the molecule is CCCCCCCCc1ccc(Nc2ccc3cccc4c5c(Nc6ccc(CCCCCCCC)cc6)ccc6cccc(c2c34)c65)cc1. The van der Waals surface area contributed by atoms with Crippen LogP contribution in [0.2, 0.25) is 0 Å². The zero-order chi connectivity index (χ0) is 34.1. The number of hydrogen-bond donors (Lipinski definition) is 2. The summed E-state index contributed by atoms with van der Waals surface area (Å²) in [5, 5.41) is 18.0. The lowest BCUT2D eigenvalue weighted by Crippen LogP contribution is -1.97. The van der Waals surface area contributed by atoms with Crippen LogP contribution in [0.25, 0.3) is 43.1 Å². The quantitative estimate of drug-likeness (QED) is 0.0545. The minimum Gasteiger partial charge on any atom is -0.355 e. The molecule has 0 aliphatic heterocycles. The predicted octanol–water partition coefficient (Wildman–Crippen LogP) is 15.0. The van der Waals surface area contributed by atoms with E-state index < -0.39 is 0 Å². The second-order valence-corrected chi connectivity index (χ2v) is 14.5. The van der Waals surface area contributed by atoms with Crippen molar-refractivity contribution < 1.29 is 0 Å². The molecule has 2 heteroatoms. The van der Waals surface area contributed by atoms with E-state index >= 15 is 0 Å². The zero-order valence-corrected chi connectivity index (χ0v) is 30.3. The van der Waals surface area contributed by atoms with Gasteiger partial charge in [-0.1, -0.05) is 151 Å². The summed E-state index contributed by atoms with van der Waals surface area (Å²) in [4.78, 5) is 0. The Bertz CT molecular complexity index is 1970. The van der Waals surface area contributed by atoms with Crippen molar-refractivity contribution in [1.82, 2.24) is 0 Å². The topological polar surface area (TPSA) is 24.1 Å². The van der Waals surface area contributed by atoms with Crippen molar-refractivity contribution in [2.45, 2.75) is 104 Å². The smallest absolute Gasteiger partial charge is 0.0470 e. The second-order valence-electron chi connectivity index (χ2n) is 14.5. The van der Waals surface area contributed by atoms with Gasteiger partial charge < -0.3 is 10.6 Å². The molecule has 0 aliphatic rings. The first-order valence-electron chi connectivity index (χ1n) is 19.6. The number of rotatable bonds is 18. The van der Waals surface area contributed by atoms with Crippen LogP contribution in [0.15, 0.2) is 109 Å². The van der Waals surface area contributed by atoms with Crippen molar-refractivity contribution >= 4 is 65.8 Å². The minimum absolute atomic E-state index is 1.14. The Morgan fingerprint density at radius 3 is 1.18 bits per heavy atom. The first kappa shape index (κ1) is 33.9. The third kappa shape index (κ3) is 7.60. The largest absolute Gasteiger partial charge is 0.355 e. The zero-order valence-electron chi connectivity index (χ0n) is 30.3. The van der Waals surface area contributed by atoms with Gasteiger partial charge in [-0.2, -0.15) is 0 Å². The fourth-order valence-electron chi connectivity index (χ4n) is 7.98. The summed E-state index contributed by atoms with van der Waals surface area (Å²) in [5.41, 5.74) is 7.45. The van der Waals surface area contributed by atoms with E-state index in [9.17, 15) is 0 Å². The summed E-state index contributed by atoms with van der Waals surface area (Å²) in [6.07, 6.45) is 18.4. The highest BCUT2D eigenvalue weighted by atomic mass is 14.9. The van der Waals surface area contributed by atoms with Crippen LogP contribution in [0.3, 0.4) is 0 Å². The van der Waals surface area contributed by atoms with Gasteiger partial charge in [0.15, 0.2) is 0 Å². The van der Waals surface area contributed by atoms with Gasteiger partial charge in [0.2, 0.25) is 0 Å². The molecule has 0 bridgehead atoms. The van der Waals surface area contributed by atoms with Crippen molar-refractivity contribution in [2.24, 2.45) is 0 Å². The molecule has 2 nitrogen and oxygen atoms in total. The monoisotopic (exact) mass is 658 g/mol. The van der Waals surface area contributed by atoms with Crippen LogP contribution in [-0.2, 0) is 12.8 Å². The molecule has 0 aliphatic carbocycles. The van der Waals surface area contributed by atoms with E-state index in [2.05, 4.69) is 134 Å². The maximum atomic E-state index is 3.84. The lowest BCUT2D eigenvalue weighted by atomic mass is 9.88. The number of aryl methyl sites for hydroxylation is 2. The third-order valence-corrected chi connectivity index (χ3v) is 10.7. The Kier molecular flexibility index (Phi) is 11.1. The first-order valence-corrected chi connectivity index (χ1v) is 19.6. The second kappa shape index (κ2) is 16.4. The molecular weight excluding hydrogens is 605 g/mol. The molecule has 0 heterocycles. The maximum absolute atomic E-state index is 3.84. The Morgan fingerprint density at radius 1 is 0.360 bits per heavy atom. The highest BCUT2D eigenvalue weighted by molar-refractivity contribution is 6.37. The Morgan fingerprint density at radius 2 is 0.760 bits per heavy atom. The highest BCUT2D eigenvalue weighted by Gasteiger charge is 2.18. The summed E-state index contributed by atoms with van der Waals surface area (Å²) in [6.45, 7) is 4.57. The van der Waals surface area contributed by atoms with E-state index in [0.717, 1.165) is 35.6 Å². The van der Waals surface area contributed by atoms with Crippen LogP contribution in [0.1, 0.15) is 102 Å². The van der Waals surface area contributed by atoms with Crippen molar-refractivity contribution in [2.75, 3.05) is 10.6 Å². The molecule has 7 rings (SSSR count).